The van der Waals surface area contributed by atoms with Crippen LogP contribution in [0.3, 0.4) is 0 Å². The summed E-state index contributed by atoms with van der Waals surface area (Å²) in [5.41, 5.74) is 15.4. The van der Waals surface area contributed by atoms with Crippen LogP contribution in [-0.4, -0.2) is 0 Å². The van der Waals surface area contributed by atoms with Crippen molar-refractivity contribution in [2.24, 2.45) is 23.7 Å². The highest BCUT2D eigenvalue weighted by Gasteiger charge is 2.65. The van der Waals surface area contributed by atoms with Gasteiger partial charge in [0, 0.05) is 32.3 Å². The lowest BCUT2D eigenvalue weighted by atomic mass is 9.57. The number of rotatable bonds is 5. The molecule has 6 aliphatic rings. The molecule has 5 atom stereocenters. The standard InChI is InChI=1S/C53H51NS/c1-51(2)26-27-52(3,4)47-32-42(22-24-44(47)51)54(41-20-18-38(19-21-41)37-16-14-36(15-17-37)35-10-6-5-7-11-35)43-23-25-50-48(33-43)53(45-12-8-9-13-49(45)55-50)40-29-34-28-39(31-40)46(53)30-34/h5-25,32-34,39-40,46H,26-31H2,1-4H3. The molecule has 4 fully saturated rings. The van der Waals surface area contributed by atoms with Gasteiger partial charge in [-0.1, -0.05) is 130 Å². The van der Waals surface area contributed by atoms with E-state index in [1.165, 1.54) is 98.8 Å². The molecule has 2 heteroatoms. The van der Waals surface area contributed by atoms with Gasteiger partial charge in [-0.25, -0.2) is 0 Å². The monoisotopic (exact) mass is 733 g/mol. The topological polar surface area (TPSA) is 3.24 Å². The number of hydrogen-bond donors (Lipinski definition) is 0. The molecule has 274 valence electrons. The van der Waals surface area contributed by atoms with Gasteiger partial charge in [0.05, 0.1) is 0 Å². The molecule has 0 saturated heterocycles. The van der Waals surface area contributed by atoms with Gasteiger partial charge in [0.2, 0.25) is 0 Å². The van der Waals surface area contributed by atoms with E-state index in [1.54, 1.807) is 11.1 Å². The van der Waals surface area contributed by atoms with Crippen LogP contribution in [0.15, 0.2) is 149 Å². The second kappa shape index (κ2) is 12.2. The Morgan fingerprint density at radius 3 is 1.75 bits per heavy atom. The summed E-state index contributed by atoms with van der Waals surface area (Å²) in [6.45, 7) is 9.78. The molecule has 0 aromatic heterocycles. The van der Waals surface area contributed by atoms with E-state index in [1.807, 2.05) is 11.8 Å². The number of benzene rings is 6. The Labute approximate surface area is 332 Å². The van der Waals surface area contributed by atoms with E-state index in [9.17, 15) is 0 Å². The normalized spacial score (nSPS) is 26.0. The fourth-order valence-electron chi connectivity index (χ4n) is 12.3. The quantitative estimate of drug-likeness (QED) is 0.174. The van der Waals surface area contributed by atoms with E-state index in [2.05, 4.69) is 172 Å². The molecule has 4 bridgehead atoms. The number of anilines is 3. The zero-order valence-electron chi connectivity index (χ0n) is 32.7. The highest BCUT2D eigenvalue weighted by Crippen LogP contribution is 2.72. The number of fused-ring (bicyclic) bond motifs is 3. The smallest absolute Gasteiger partial charge is 0.0465 e. The molecule has 1 aliphatic heterocycles. The van der Waals surface area contributed by atoms with Gasteiger partial charge < -0.3 is 4.90 Å². The third-order valence-electron chi connectivity index (χ3n) is 15.0. The van der Waals surface area contributed by atoms with Crippen molar-refractivity contribution in [1.29, 1.82) is 0 Å². The van der Waals surface area contributed by atoms with Crippen LogP contribution in [0.5, 0.6) is 0 Å². The van der Waals surface area contributed by atoms with Crippen LogP contribution in [0.2, 0.25) is 0 Å². The maximum atomic E-state index is 2.65. The van der Waals surface area contributed by atoms with Crippen molar-refractivity contribution >= 4 is 28.8 Å². The lowest BCUT2D eigenvalue weighted by molar-refractivity contribution is 0.181. The summed E-state index contributed by atoms with van der Waals surface area (Å²) in [5, 5.41) is 0. The predicted molar refractivity (Wildman–Crippen MR) is 231 cm³/mol. The molecular weight excluding hydrogens is 683 g/mol. The molecule has 1 heterocycles. The van der Waals surface area contributed by atoms with Gasteiger partial charge in [0.1, 0.15) is 0 Å². The molecule has 55 heavy (non-hydrogen) atoms. The molecule has 6 aromatic rings. The van der Waals surface area contributed by atoms with Crippen LogP contribution < -0.4 is 4.90 Å². The van der Waals surface area contributed by atoms with Crippen LogP contribution in [0.4, 0.5) is 17.1 Å². The average Bonchev–Trinajstić information content (AvgIpc) is 3.62. The maximum absolute atomic E-state index is 2.65. The SMILES string of the molecule is CC1(C)CCC(C)(C)c2cc(N(c3ccc(-c4ccc(-c5ccccc5)cc4)cc3)c3ccc4c(c3)C3(c5ccccc5S4)C4CC5CC(C4)C3C5)ccc21. The number of hydrogen-bond acceptors (Lipinski definition) is 2. The third kappa shape index (κ3) is 5.13. The van der Waals surface area contributed by atoms with Gasteiger partial charge >= 0.3 is 0 Å². The summed E-state index contributed by atoms with van der Waals surface area (Å²) in [5.74, 6) is 3.28. The fourth-order valence-corrected chi connectivity index (χ4v) is 13.5. The Morgan fingerprint density at radius 1 is 0.473 bits per heavy atom. The molecular formula is C53H51NS. The second-order valence-corrected chi connectivity index (χ2v) is 19.9. The van der Waals surface area contributed by atoms with Gasteiger partial charge in [-0.05, 0) is 166 Å². The summed E-state index contributed by atoms with van der Waals surface area (Å²) in [7, 11) is 0. The van der Waals surface area contributed by atoms with Crippen LogP contribution in [0, 0.1) is 23.7 Å². The molecule has 12 rings (SSSR count). The van der Waals surface area contributed by atoms with Gasteiger partial charge in [0.25, 0.3) is 0 Å². The molecule has 0 radical (unpaired) electrons. The summed E-state index contributed by atoms with van der Waals surface area (Å²) >= 11 is 2.01. The van der Waals surface area contributed by atoms with E-state index >= 15 is 0 Å². The van der Waals surface area contributed by atoms with Crippen molar-refractivity contribution in [2.45, 2.75) is 92.3 Å². The molecule has 0 amide bonds. The zero-order chi connectivity index (χ0) is 37.1. The second-order valence-electron chi connectivity index (χ2n) is 18.8. The summed E-state index contributed by atoms with van der Waals surface area (Å²) in [6, 6.07) is 53.5. The van der Waals surface area contributed by atoms with Crippen molar-refractivity contribution < 1.29 is 0 Å². The van der Waals surface area contributed by atoms with E-state index in [0.29, 0.717) is 0 Å². The van der Waals surface area contributed by atoms with Crippen molar-refractivity contribution in [3.05, 3.63) is 162 Å². The van der Waals surface area contributed by atoms with Gasteiger partial charge in [-0.3, -0.25) is 0 Å². The first-order valence-electron chi connectivity index (χ1n) is 20.8. The Bertz CT molecular complexity index is 2440. The van der Waals surface area contributed by atoms with Crippen LogP contribution in [0.25, 0.3) is 22.3 Å². The number of nitrogens with zero attached hydrogens (tertiary/aromatic N) is 1. The molecule has 6 aromatic carbocycles. The largest absolute Gasteiger partial charge is 0.310 e. The minimum Gasteiger partial charge on any atom is -0.310 e. The van der Waals surface area contributed by atoms with Crippen LogP contribution >= 0.6 is 11.8 Å². The maximum Gasteiger partial charge on any atom is 0.0465 e. The van der Waals surface area contributed by atoms with Crippen molar-refractivity contribution in [3.8, 4) is 22.3 Å². The first-order chi connectivity index (χ1) is 26.7. The average molecular weight is 734 g/mol. The fraction of sp³-hybridized carbons (Fsp3) is 0.321. The minimum absolute atomic E-state index is 0.119. The van der Waals surface area contributed by atoms with Gasteiger partial charge in [0.15, 0.2) is 0 Å². The van der Waals surface area contributed by atoms with Crippen molar-refractivity contribution in [2.75, 3.05) is 4.90 Å². The summed E-state index contributed by atoms with van der Waals surface area (Å²) in [4.78, 5) is 5.54. The van der Waals surface area contributed by atoms with Crippen molar-refractivity contribution in [3.63, 3.8) is 0 Å². The van der Waals surface area contributed by atoms with E-state index in [-0.39, 0.29) is 16.2 Å². The van der Waals surface area contributed by atoms with Crippen LogP contribution in [-0.2, 0) is 16.2 Å². The van der Waals surface area contributed by atoms with Crippen molar-refractivity contribution in [1.82, 2.24) is 0 Å². The summed E-state index contributed by atoms with van der Waals surface area (Å²) < 4.78 is 0. The Morgan fingerprint density at radius 2 is 1.04 bits per heavy atom. The predicted octanol–water partition coefficient (Wildman–Crippen LogP) is 14.7. The van der Waals surface area contributed by atoms with Gasteiger partial charge in [-0.2, -0.15) is 0 Å². The molecule has 4 saturated carbocycles. The minimum atomic E-state index is 0.119. The molecule has 0 N–H and O–H groups in total. The molecule has 5 unspecified atom stereocenters. The van der Waals surface area contributed by atoms with Gasteiger partial charge in [-0.15, -0.1) is 0 Å². The Hall–Kier alpha value is -4.53. The lowest BCUT2D eigenvalue weighted by Crippen LogP contribution is -2.44. The molecule has 1 nitrogen and oxygen atoms in total. The first kappa shape index (κ1) is 33.8. The van der Waals surface area contributed by atoms with E-state index in [4.69, 9.17) is 0 Å². The first-order valence-corrected chi connectivity index (χ1v) is 21.6. The highest BCUT2D eigenvalue weighted by atomic mass is 32.2. The lowest BCUT2D eigenvalue weighted by Gasteiger charge is -2.49. The van der Waals surface area contributed by atoms with E-state index in [0.717, 1.165) is 23.7 Å². The summed E-state index contributed by atoms with van der Waals surface area (Å²) in [6.07, 6.45) is 8.07. The Kier molecular flexibility index (Phi) is 7.51. The zero-order valence-corrected chi connectivity index (χ0v) is 33.5. The highest BCUT2D eigenvalue weighted by molar-refractivity contribution is 7.99. The van der Waals surface area contributed by atoms with E-state index < -0.39 is 0 Å². The van der Waals surface area contributed by atoms with Crippen LogP contribution in [0.1, 0.15) is 88.5 Å². The molecule has 5 aliphatic carbocycles. The molecule has 1 spiro atoms. The third-order valence-corrected chi connectivity index (χ3v) is 16.1. The Balaban J connectivity index is 1.05.